The monoisotopic (exact) mass is 237 g/mol. The zero-order valence-electron chi connectivity index (χ0n) is 9.67. The van der Waals surface area contributed by atoms with Crippen molar-refractivity contribution in [3.05, 3.63) is 0 Å². The van der Waals surface area contributed by atoms with Crippen molar-refractivity contribution in [2.75, 3.05) is 0 Å². The maximum atomic E-state index is 10.9. The Hall–Kier alpha value is 0.430. The molecule has 1 aliphatic rings. The fourth-order valence-electron chi connectivity index (χ4n) is 2.27. The van der Waals surface area contributed by atoms with Crippen molar-refractivity contribution >= 4 is 35.5 Å². The van der Waals surface area contributed by atoms with Crippen molar-refractivity contribution in [3.8, 4) is 0 Å². The van der Waals surface area contributed by atoms with Crippen molar-refractivity contribution in [2.24, 2.45) is 0 Å². The normalized spacial score (nSPS) is 20.3. The van der Waals surface area contributed by atoms with E-state index in [4.69, 9.17) is 5.11 Å². The topological polar surface area (TPSA) is 49.3 Å². The van der Waals surface area contributed by atoms with Crippen molar-refractivity contribution in [3.63, 3.8) is 0 Å². The molecule has 90 valence electrons. The molecule has 1 unspecified atom stereocenters. The van der Waals surface area contributed by atoms with Gasteiger partial charge in [0.05, 0.1) is 0 Å². The molecule has 2 N–H and O–H groups in total. The molecular weight excluding hydrogens is 213 g/mol. The molecule has 1 saturated carbocycles. The summed E-state index contributed by atoms with van der Waals surface area (Å²) in [7, 11) is 0. The molecule has 1 fully saturated rings. The van der Waals surface area contributed by atoms with E-state index in [2.05, 4.69) is 5.32 Å². The van der Waals surface area contributed by atoms with E-state index in [1.54, 1.807) is 0 Å². The van der Waals surface area contributed by atoms with Gasteiger partial charge in [0.25, 0.3) is 0 Å². The average molecular weight is 237 g/mol. The first-order valence-electron chi connectivity index (χ1n) is 6.23. The second-order valence-electron chi connectivity index (χ2n) is 4.51. The fraction of sp³-hybridized carbons (Fsp3) is 0.917. The van der Waals surface area contributed by atoms with Gasteiger partial charge in [-0.3, -0.25) is 4.79 Å². The standard InChI is InChI=1S/C12H23NO2.Na.H/c1-2-11(12(14)15)13-10-8-6-4-3-5-7-9-10;;/h10-11,13H,2-9H2,1H3,(H,14,15);;. The first-order chi connectivity index (χ1) is 7.24. The van der Waals surface area contributed by atoms with Crippen LogP contribution < -0.4 is 5.32 Å². The van der Waals surface area contributed by atoms with Crippen LogP contribution >= 0.6 is 0 Å². The Bertz CT molecular complexity index is 191. The van der Waals surface area contributed by atoms with Crippen LogP contribution in [0.5, 0.6) is 0 Å². The van der Waals surface area contributed by atoms with Crippen LogP contribution in [0.1, 0.15) is 58.3 Å². The Morgan fingerprint density at radius 2 is 1.75 bits per heavy atom. The van der Waals surface area contributed by atoms with Gasteiger partial charge >= 0.3 is 35.5 Å². The van der Waals surface area contributed by atoms with Crippen LogP contribution in [0.3, 0.4) is 0 Å². The number of carboxylic acids is 1. The first-order valence-corrected chi connectivity index (χ1v) is 6.23. The van der Waals surface area contributed by atoms with Crippen LogP contribution in [0.2, 0.25) is 0 Å². The third kappa shape index (κ3) is 6.24. The number of carboxylic acid groups (broad SMARTS) is 1. The summed E-state index contributed by atoms with van der Waals surface area (Å²) >= 11 is 0. The second-order valence-corrected chi connectivity index (χ2v) is 4.51. The van der Waals surface area contributed by atoms with Crippen LogP contribution in [0.25, 0.3) is 0 Å². The summed E-state index contributed by atoms with van der Waals surface area (Å²) < 4.78 is 0. The molecule has 1 rings (SSSR count). The molecule has 1 aliphatic carbocycles. The van der Waals surface area contributed by atoms with Gasteiger partial charge in [-0.15, -0.1) is 0 Å². The van der Waals surface area contributed by atoms with Crippen LogP contribution in [-0.2, 0) is 4.79 Å². The molecule has 0 aromatic rings. The Labute approximate surface area is 121 Å². The number of aliphatic carboxylic acids is 1. The van der Waals surface area contributed by atoms with Crippen LogP contribution in [0.4, 0.5) is 0 Å². The van der Waals surface area contributed by atoms with Crippen molar-refractivity contribution in [1.82, 2.24) is 5.32 Å². The van der Waals surface area contributed by atoms with Gasteiger partial charge in [-0.2, -0.15) is 0 Å². The molecule has 0 bridgehead atoms. The van der Waals surface area contributed by atoms with Crippen molar-refractivity contribution < 1.29 is 9.90 Å². The summed E-state index contributed by atoms with van der Waals surface area (Å²) in [6.45, 7) is 1.93. The molecule has 0 amide bonds. The quantitative estimate of drug-likeness (QED) is 0.734. The van der Waals surface area contributed by atoms with Gasteiger partial charge < -0.3 is 10.4 Å². The summed E-state index contributed by atoms with van der Waals surface area (Å²) in [5.74, 6) is -0.709. The summed E-state index contributed by atoms with van der Waals surface area (Å²) in [5, 5.41) is 12.2. The van der Waals surface area contributed by atoms with Crippen LogP contribution in [-0.4, -0.2) is 52.7 Å². The predicted octanol–water partition coefficient (Wildman–Crippen LogP) is 1.90. The molecule has 3 nitrogen and oxygen atoms in total. The molecule has 1 atom stereocenters. The number of carbonyl (C=O) groups is 1. The molecule has 0 heterocycles. The summed E-state index contributed by atoms with van der Waals surface area (Å²) in [6.07, 6.45) is 9.41. The molecule has 0 aliphatic heterocycles. The van der Waals surface area contributed by atoms with Gasteiger partial charge in [0.1, 0.15) is 6.04 Å². The molecule has 0 aromatic heterocycles. The summed E-state index contributed by atoms with van der Waals surface area (Å²) in [6, 6.07) is 0.0702. The maximum absolute atomic E-state index is 10.9. The van der Waals surface area contributed by atoms with Crippen LogP contribution in [0, 0.1) is 0 Å². The van der Waals surface area contributed by atoms with Crippen molar-refractivity contribution in [1.29, 1.82) is 0 Å². The summed E-state index contributed by atoms with van der Waals surface area (Å²) in [5.41, 5.74) is 0. The first kappa shape index (κ1) is 16.4. The van der Waals surface area contributed by atoms with Gasteiger partial charge in [-0.25, -0.2) is 0 Å². The number of hydrogen-bond acceptors (Lipinski definition) is 2. The number of rotatable bonds is 4. The Morgan fingerprint density at radius 1 is 1.25 bits per heavy atom. The van der Waals surface area contributed by atoms with Crippen LogP contribution in [0.15, 0.2) is 0 Å². The molecule has 16 heavy (non-hydrogen) atoms. The predicted molar refractivity (Wildman–Crippen MR) is 68.1 cm³/mol. The van der Waals surface area contributed by atoms with E-state index in [9.17, 15) is 4.79 Å². The molecular formula is C12H24NNaO2. The fourth-order valence-corrected chi connectivity index (χ4v) is 2.27. The third-order valence-electron chi connectivity index (χ3n) is 3.25. The minimum atomic E-state index is -0.709. The van der Waals surface area contributed by atoms with Gasteiger partial charge in [0.2, 0.25) is 0 Å². The third-order valence-corrected chi connectivity index (χ3v) is 3.25. The van der Waals surface area contributed by atoms with E-state index in [1.807, 2.05) is 6.92 Å². The second kappa shape index (κ2) is 9.46. The zero-order valence-corrected chi connectivity index (χ0v) is 9.67. The molecule has 0 spiro atoms. The Morgan fingerprint density at radius 3 is 2.19 bits per heavy atom. The summed E-state index contributed by atoms with van der Waals surface area (Å²) in [4.78, 5) is 10.9. The van der Waals surface area contributed by atoms with Crippen molar-refractivity contribution in [2.45, 2.75) is 70.4 Å². The van der Waals surface area contributed by atoms with E-state index in [1.165, 1.54) is 32.1 Å². The van der Waals surface area contributed by atoms with Gasteiger partial charge in [0.15, 0.2) is 0 Å². The van der Waals surface area contributed by atoms with Gasteiger partial charge in [0, 0.05) is 6.04 Å². The SMILES string of the molecule is CCC(NC1CCCCCCC1)C(=O)O.[NaH]. The Kier molecular flexibility index (Phi) is 9.71. The van der Waals surface area contributed by atoms with Gasteiger partial charge in [-0.05, 0) is 19.3 Å². The number of hydrogen-bond donors (Lipinski definition) is 2. The van der Waals surface area contributed by atoms with E-state index in [0.717, 1.165) is 12.8 Å². The molecule has 0 radical (unpaired) electrons. The molecule has 4 heteroatoms. The molecule has 0 aromatic carbocycles. The van der Waals surface area contributed by atoms with Gasteiger partial charge in [-0.1, -0.05) is 39.0 Å². The number of nitrogens with one attached hydrogen (secondary N) is 1. The van der Waals surface area contributed by atoms with E-state index >= 15 is 0 Å². The Balaban J connectivity index is 0.00000225. The minimum absolute atomic E-state index is 0. The average Bonchev–Trinajstić information content (AvgIpc) is 2.15. The molecule has 0 saturated heterocycles. The zero-order chi connectivity index (χ0) is 11.1. The van der Waals surface area contributed by atoms with E-state index in [-0.39, 0.29) is 35.6 Å². The van der Waals surface area contributed by atoms with E-state index < -0.39 is 5.97 Å². The van der Waals surface area contributed by atoms with E-state index in [0.29, 0.717) is 12.5 Å².